The van der Waals surface area contributed by atoms with Crippen molar-refractivity contribution in [2.24, 2.45) is 17.8 Å². The van der Waals surface area contributed by atoms with Crippen molar-refractivity contribution in [1.82, 2.24) is 9.80 Å². The van der Waals surface area contributed by atoms with Gasteiger partial charge < -0.3 is 10.0 Å². The van der Waals surface area contributed by atoms with E-state index < -0.39 is 5.97 Å². The van der Waals surface area contributed by atoms with Crippen LogP contribution < -0.4 is 0 Å². The molecular formula is C33H44N2O3. The summed E-state index contributed by atoms with van der Waals surface area (Å²) in [6.45, 7) is 4.59. The van der Waals surface area contributed by atoms with E-state index >= 15 is 0 Å². The molecule has 3 aliphatic rings. The van der Waals surface area contributed by atoms with E-state index in [-0.39, 0.29) is 17.9 Å². The predicted molar refractivity (Wildman–Crippen MR) is 151 cm³/mol. The van der Waals surface area contributed by atoms with Crippen LogP contribution in [-0.4, -0.2) is 65.4 Å². The third-order valence-electron chi connectivity index (χ3n) is 9.48. The maximum Gasteiger partial charge on any atom is 0.321 e. The summed E-state index contributed by atoms with van der Waals surface area (Å²) in [6, 6.07) is 20.7. The summed E-state index contributed by atoms with van der Waals surface area (Å²) in [5.41, 5.74) is 2.57. The number of carbonyl (C=O) groups is 2. The molecule has 0 spiro atoms. The number of carbonyl (C=O) groups excluding carboxylic acids is 1. The Morgan fingerprint density at radius 1 is 0.842 bits per heavy atom. The number of aryl methyl sites for hydroxylation is 1. The first-order valence-corrected chi connectivity index (χ1v) is 14.9. The van der Waals surface area contributed by atoms with Gasteiger partial charge in [0, 0.05) is 37.9 Å². The van der Waals surface area contributed by atoms with E-state index in [1.807, 2.05) is 18.2 Å². The maximum atomic E-state index is 12.9. The quantitative estimate of drug-likeness (QED) is 0.442. The Labute approximate surface area is 228 Å². The number of aliphatic carboxylic acids is 1. The molecule has 0 aromatic heterocycles. The zero-order valence-electron chi connectivity index (χ0n) is 22.7. The minimum Gasteiger partial charge on any atom is -0.480 e. The number of ketones is 1. The van der Waals surface area contributed by atoms with Gasteiger partial charge in [-0.2, -0.15) is 0 Å². The smallest absolute Gasteiger partial charge is 0.321 e. The van der Waals surface area contributed by atoms with E-state index in [9.17, 15) is 14.7 Å². The van der Waals surface area contributed by atoms with Crippen molar-refractivity contribution in [3.05, 3.63) is 71.8 Å². The highest BCUT2D eigenvalue weighted by Crippen LogP contribution is 2.38. The number of piperidine rings is 1. The van der Waals surface area contributed by atoms with Crippen molar-refractivity contribution in [3.63, 3.8) is 0 Å². The minimum absolute atomic E-state index is 0.183. The zero-order chi connectivity index (χ0) is 26.3. The fourth-order valence-corrected chi connectivity index (χ4v) is 7.39. The summed E-state index contributed by atoms with van der Waals surface area (Å²) in [4.78, 5) is 30.2. The number of hydrogen-bond donors (Lipinski definition) is 1. The third kappa shape index (κ3) is 6.73. The van der Waals surface area contributed by atoms with Crippen molar-refractivity contribution in [2.45, 2.75) is 69.7 Å². The average Bonchev–Trinajstić information content (AvgIpc) is 3.36. The van der Waals surface area contributed by atoms with Crippen LogP contribution in [0.1, 0.15) is 68.4 Å². The van der Waals surface area contributed by atoms with Crippen LogP contribution in [0.3, 0.4) is 0 Å². The molecule has 2 aromatic rings. The van der Waals surface area contributed by atoms with Crippen LogP contribution in [0.5, 0.6) is 0 Å². The van der Waals surface area contributed by atoms with E-state index in [1.54, 1.807) is 0 Å². The van der Waals surface area contributed by atoms with Gasteiger partial charge in [-0.1, -0.05) is 79.9 Å². The van der Waals surface area contributed by atoms with Gasteiger partial charge >= 0.3 is 5.97 Å². The molecule has 0 bridgehead atoms. The Balaban J connectivity index is 1.19. The Kier molecular flexibility index (Phi) is 9.29. The molecule has 5 heteroatoms. The fourth-order valence-electron chi connectivity index (χ4n) is 7.39. The van der Waals surface area contributed by atoms with Crippen LogP contribution in [0.25, 0.3) is 0 Å². The van der Waals surface area contributed by atoms with Crippen molar-refractivity contribution in [1.29, 1.82) is 0 Å². The van der Waals surface area contributed by atoms with Crippen molar-refractivity contribution in [2.75, 3.05) is 32.7 Å². The second kappa shape index (κ2) is 13.0. The Morgan fingerprint density at radius 2 is 1.50 bits per heavy atom. The van der Waals surface area contributed by atoms with Crippen LogP contribution in [-0.2, 0) is 16.0 Å². The molecule has 2 saturated heterocycles. The molecule has 38 heavy (non-hydrogen) atoms. The molecule has 1 aliphatic carbocycles. The zero-order valence-corrected chi connectivity index (χ0v) is 22.7. The number of carboxylic acids is 1. The van der Waals surface area contributed by atoms with Gasteiger partial charge in [0.05, 0.1) is 0 Å². The molecule has 2 heterocycles. The van der Waals surface area contributed by atoms with Crippen LogP contribution in [0.2, 0.25) is 0 Å². The molecule has 204 valence electrons. The lowest BCUT2D eigenvalue weighted by Crippen LogP contribution is -2.46. The molecular weight excluding hydrogens is 472 g/mol. The molecule has 0 radical (unpaired) electrons. The van der Waals surface area contributed by atoms with Gasteiger partial charge in [0.1, 0.15) is 11.8 Å². The number of Topliss-reactive ketones (excluding diaryl/α,β-unsaturated/α-hetero) is 1. The number of benzene rings is 2. The summed E-state index contributed by atoms with van der Waals surface area (Å²) in [7, 11) is 0. The standard InChI is InChI=1S/C33H44N2O3/c36-31(17-16-25-10-4-1-5-11-25)27-18-20-34(21-19-27)22-29-23-35(24-30(29)26-12-6-2-7-13-26)32(33(37)38)28-14-8-3-9-15-28/h1-2,4-7,10-13,27-30,32H,3,8-9,14-24H2,(H,37,38). The molecule has 3 fully saturated rings. The van der Waals surface area contributed by atoms with Crippen molar-refractivity contribution in [3.8, 4) is 0 Å². The number of hydrogen-bond acceptors (Lipinski definition) is 4. The number of nitrogens with zero attached hydrogens (tertiary/aromatic N) is 2. The molecule has 5 nitrogen and oxygen atoms in total. The molecule has 5 rings (SSSR count). The second-order valence-electron chi connectivity index (χ2n) is 11.9. The SMILES string of the molecule is O=C(CCc1ccccc1)C1CCN(CC2CN(C(C(=O)O)C3CCCCC3)CC2c2ccccc2)CC1. The fraction of sp³-hybridized carbons (Fsp3) is 0.576. The molecule has 1 saturated carbocycles. The highest BCUT2D eigenvalue weighted by atomic mass is 16.4. The van der Waals surface area contributed by atoms with Crippen LogP contribution in [0.4, 0.5) is 0 Å². The molecule has 3 atom stereocenters. The summed E-state index contributed by atoms with van der Waals surface area (Å²) >= 11 is 0. The molecule has 0 amide bonds. The van der Waals surface area contributed by atoms with Gasteiger partial charge in [0.25, 0.3) is 0 Å². The monoisotopic (exact) mass is 516 g/mol. The van der Waals surface area contributed by atoms with E-state index in [4.69, 9.17) is 0 Å². The first-order chi connectivity index (χ1) is 18.6. The summed E-state index contributed by atoms with van der Waals surface area (Å²) in [5, 5.41) is 10.3. The number of likely N-dealkylation sites (tertiary alicyclic amines) is 2. The summed E-state index contributed by atoms with van der Waals surface area (Å²) in [5.74, 6) is 0.996. The van der Waals surface area contributed by atoms with Gasteiger partial charge in [-0.25, -0.2) is 0 Å². The van der Waals surface area contributed by atoms with E-state index in [0.717, 1.165) is 77.7 Å². The normalized spacial score (nSPS) is 24.8. The summed E-state index contributed by atoms with van der Waals surface area (Å²) in [6.07, 6.45) is 9.00. The van der Waals surface area contributed by atoms with Gasteiger partial charge in [-0.15, -0.1) is 0 Å². The van der Waals surface area contributed by atoms with E-state index in [2.05, 4.69) is 52.3 Å². The molecule has 2 aliphatic heterocycles. The lowest BCUT2D eigenvalue weighted by molar-refractivity contribution is -0.145. The van der Waals surface area contributed by atoms with Crippen LogP contribution in [0.15, 0.2) is 60.7 Å². The first-order valence-electron chi connectivity index (χ1n) is 14.9. The highest BCUT2D eigenvalue weighted by molar-refractivity contribution is 5.81. The van der Waals surface area contributed by atoms with Crippen LogP contribution in [0, 0.1) is 17.8 Å². The molecule has 1 N–H and O–H groups in total. The number of carboxylic acid groups (broad SMARTS) is 1. The average molecular weight is 517 g/mol. The Hall–Kier alpha value is -2.50. The third-order valence-corrected chi connectivity index (χ3v) is 9.48. The van der Waals surface area contributed by atoms with Gasteiger partial charge in [-0.05, 0) is 68.2 Å². The summed E-state index contributed by atoms with van der Waals surface area (Å²) < 4.78 is 0. The van der Waals surface area contributed by atoms with E-state index in [1.165, 1.54) is 17.5 Å². The van der Waals surface area contributed by atoms with Crippen molar-refractivity contribution < 1.29 is 14.7 Å². The lowest BCUT2D eigenvalue weighted by atomic mass is 9.83. The molecule has 2 aromatic carbocycles. The largest absolute Gasteiger partial charge is 0.480 e. The van der Waals surface area contributed by atoms with Gasteiger partial charge in [0.2, 0.25) is 0 Å². The van der Waals surface area contributed by atoms with E-state index in [0.29, 0.717) is 24.0 Å². The van der Waals surface area contributed by atoms with Gasteiger partial charge in [0.15, 0.2) is 0 Å². The lowest BCUT2D eigenvalue weighted by Gasteiger charge is -2.35. The Bertz CT molecular complexity index is 1030. The minimum atomic E-state index is -0.640. The second-order valence-corrected chi connectivity index (χ2v) is 11.9. The number of rotatable bonds is 10. The van der Waals surface area contributed by atoms with Gasteiger partial charge in [-0.3, -0.25) is 14.5 Å². The Morgan fingerprint density at radius 3 is 2.16 bits per heavy atom. The maximum absolute atomic E-state index is 12.9. The topological polar surface area (TPSA) is 60.9 Å². The van der Waals surface area contributed by atoms with Crippen molar-refractivity contribution >= 4 is 11.8 Å². The first kappa shape index (κ1) is 27.1. The highest BCUT2D eigenvalue weighted by Gasteiger charge is 2.43. The predicted octanol–water partition coefficient (Wildman–Crippen LogP) is 5.65. The molecule has 3 unspecified atom stereocenters. The van der Waals surface area contributed by atoms with Crippen LogP contribution >= 0.6 is 0 Å².